The molecule has 47 heavy (non-hydrogen) atoms. The summed E-state index contributed by atoms with van der Waals surface area (Å²) >= 11 is 0.766. The van der Waals surface area contributed by atoms with Crippen LogP contribution >= 0.6 is 11.3 Å². The van der Waals surface area contributed by atoms with Crippen molar-refractivity contribution in [1.82, 2.24) is 34.4 Å². The van der Waals surface area contributed by atoms with E-state index >= 15 is 8.78 Å². The van der Waals surface area contributed by atoms with Crippen molar-refractivity contribution in [2.75, 3.05) is 36.9 Å². The number of halogens is 7. The Morgan fingerprint density at radius 2 is 1.87 bits per heavy atom. The van der Waals surface area contributed by atoms with Gasteiger partial charge in [-0.05, 0) is 19.4 Å². The van der Waals surface area contributed by atoms with Gasteiger partial charge in [-0.2, -0.15) is 23.1 Å². The van der Waals surface area contributed by atoms with Crippen LogP contribution in [0.2, 0.25) is 0 Å². The van der Waals surface area contributed by atoms with Crippen LogP contribution in [0, 0.1) is 17.5 Å². The molecule has 8 rings (SSSR count). The Bertz CT molecular complexity index is 2070. The number of rotatable bonds is 5. The van der Waals surface area contributed by atoms with Gasteiger partial charge < -0.3 is 19.9 Å². The van der Waals surface area contributed by atoms with Gasteiger partial charge in [0.15, 0.2) is 16.6 Å². The topological polar surface area (TPSA) is 111 Å². The van der Waals surface area contributed by atoms with Crippen molar-refractivity contribution in [3.05, 3.63) is 47.4 Å². The number of nitrogens with two attached hydrogens (primary N) is 1. The molecule has 2 N–H and O–H groups in total. The first-order valence-corrected chi connectivity index (χ1v) is 15.5. The van der Waals surface area contributed by atoms with Crippen molar-refractivity contribution >= 4 is 43.4 Å². The van der Waals surface area contributed by atoms with Crippen LogP contribution in [-0.4, -0.2) is 72.3 Å². The summed E-state index contributed by atoms with van der Waals surface area (Å²) in [6.07, 6.45) is -1.74. The first kappa shape index (κ1) is 30.0. The molecule has 0 spiro atoms. The summed E-state index contributed by atoms with van der Waals surface area (Å²) in [5.41, 5.74) is 2.66. The molecule has 3 aliphatic rings. The van der Waals surface area contributed by atoms with Gasteiger partial charge in [-0.15, -0.1) is 0 Å². The number of alkyl halides is 4. The number of imidazole rings is 1. The number of anilines is 2. The third-order valence-electron chi connectivity index (χ3n) is 9.09. The molecule has 2 saturated heterocycles. The molecule has 0 bridgehead atoms. The number of nitrogen functional groups attached to an aromatic ring is 1. The molecule has 5 aromatic rings. The Labute approximate surface area is 265 Å². The zero-order valence-corrected chi connectivity index (χ0v) is 25.1. The molecule has 0 amide bonds. The molecule has 0 radical (unpaired) electrons. The molecule has 0 saturated carbocycles. The number of thiazole rings is 1. The van der Waals surface area contributed by atoms with E-state index in [2.05, 4.69) is 24.9 Å². The van der Waals surface area contributed by atoms with Crippen LogP contribution in [0.25, 0.3) is 32.4 Å². The summed E-state index contributed by atoms with van der Waals surface area (Å²) in [6, 6.07) is 0.331. The van der Waals surface area contributed by atoms with E-state index in [1.54, 1.807) is 4.90 Å². The van der Waals surface area contributed by atoms with Crippen molar-refractivity contribution in [1.29, 1.82) is 0 Å². The van der Waals surface area contributed by atoms with Gasteiger partial charge in [0.05, 0.1) is 33.2 Å². The molecule has 0 unspecified atom stereocenters. The van der Waals surface area contributed by atoms with E-state index in [-0.39, 0.29) is 83.1 Å². The number of pyridine rings is 1. The molecular formula is C29H24F7N9OS. The monoisotopic (exact) mass is 679 g/mol. The Morgan fingerprint density at radius 3 is 2.68 bits per heavy atom. The van der Waals surface area contributed by atoms with Gasteiger partial charge in [0.2, 0.25) is 0 Å². The SMILES string of the molecule is Nc1nc2c(-c3ncc4c(N5CCn6cc(C(F)(F)F)nc6C5)nc(OC[C@]56CCCN5C[C@@H](F)C6)nc4c3F)c(F)cc(F)c2s1. The van der Waals surface area contributed by atoms with Crippen molar-refractivity contribution in [2.24, 2.45) is 0 Å². The third kappa shape index (κ3) is 4.90. The van der Waals surface area contributed by atoms with E-state index in [0.717, 1.165) is 24.0 Å². The second-order valence-corrected chi connectivity index (χ2v) is 13.0. The number of ether oxygens (including phenoxy) is 1. The van der Waals surface area contributed by atoms with Crippen LogP contribution in [0.1, 0.15) is 30.8 Å². The lowest BCUT2D eigenvalue weighted by Crippen LogP contribution is -2.43. The number of aromatic nitrogens is 6. The molecule has 18 heteroatoms. The van der Waals surface area contributed by atoms with E-state index in [4.69, 9.17) is 10.5 Å². The van der Waals surface area contributed by atoms with Crippen LogP contribution in [0.4, 0.5) is 41.7 Å². The van der Waals surface area contributed by atoms with Gasteiger partial charge in [0, 0.05) is 44.5 Å². The van der Waals surface area contributed by atoms with Gasteiger partial charge in [-0.1, -0.05) is 11.3 Å². The van der Waals surface area contributed by atoms with Crippen molar-refractivity contribution in [3.8, 4) is 17.3 Å². The van der Waals surface area contributed by atoms with Crippen LogP contribution < -0.4 is 15.4 Å². The maximum atomic E-state index is 16.5. The smallest absolute Gasteiger partial charge is 0.434 e. The van der Waals surface area contributed by atoms with Crippen molar-refractivity contribution < 1.29 is 35.5 Å². The number of hydrogen-bond acceptors (Lipinski definition) is 10. The number of hydrogen-bond donors (Lipinski definition) is 1. The zero-order valence-electron chi connectivity index (χ0n) is 24.3. The number of fused-ring (bicyclic) bond motifs is 4. The lowest BCUT2D eigenvalue weighted by atomic mass is 9.95. The highest BCUT2D eigenvalue weighted by atomic mass is 32.1. The minimum atomic E-state index is -4.64. The molecule has 0 aliphatic carbocycles. The summed E-state index contributed by atoms with van der Waals surface area (Å²) in [5.74, 6) is -2.92. The fourth-order valence-electron chi connectivity index (χ4n) is 6.97. The summed E-state index contributed by atoms with van der Waals surface area (Å²) in [4.78, 5) is 24.4. The molecule has 1 aromatic carbocycles. The summed E-state index contributed by atoms with van der Waals surface area (Å²) < 4.78 is 108. The van der Waals surface area contributed by atoms with Crippen LogP contribution in [0.3, 0.4) is 0 Å². The van der Waals surface area contributed by atoms with E-state index in [9.17, 15) is 22.0 Å². The molecule has 2 fully saturated rings. The van der Waals surface area contributed by atoms with Gasteiger partial charge >= 0.3 is 12.2 Å². The van der Waals surface area contributed by atoms with Gasteiger partial charge in [-0.25, -0.2) is 27.5 Å². The summed E-state index contributed by atoms with van der Waals surface area (Å²) in [5, 5.41) is 0.00342. The van der Waals surface area contributed by atoms with Crippen LogP contribution in [0.5, 0.6) is 6.01 Å². The maximum absolute atomic E-state index is 16.5. The Balaban J connectivity index is 1.25. The predicted molar refractivity (Wildman–Crippen MR) is 157 cm³/mol. The van der Waals surface area contributed by atoms with E-state index in [0.29, 0.717) is 19.0 Å². The standard InChI is InChI=1S/C29H24F7N9OS/c30-13-7-28(2-1-3-45(28)9-13)12-46-27-41-21-14(25(42-27)44-5-4-43-10-17(29(34,35)36)39-18(43)11-44)8-38-22(20(21)33)19-15(31)6-16(32)24-23(19)40-26(37)47-24/h6,8,10,13H,1-5,7,9,11-12H2,(H2,37,40)/t13-,28+/m0/s1. The molecule has 4 aromatic heterocycles. The zero-order chi connectivity index (χ0) is 32.8. The average molecular weight is 680 g/mol. The Kier molecular flexibility index (Phi) is 6.77. The predicted octanol–water partition coefficient (Wildman–Crippen LogP) is 5.49. The lowest BCUT2D eigenvalue weighted by molar-refractivity contribution is -0.141. The quantitative estimate of drug-likeness (QED) is 0.241. The Morgan fingerprint density at radius 1 is 1.04 bits per heavy atom. The summed E-state index contributed by atoms with van der Waals surface area (Å²) in [7, 11) is 0. The van der Waals surface area contributed by atoms with Crippen molar-refractivity contribution in [3.63, 3.8) is 0 Å². The average Bonchev–Trinajstić information content (AvgIpc) is 3.78. The number of nitrogens with zero attached hydrogens (tertiary/aromatic N) is 8. The molecule has 7 heterocycles. The first-order chi connectivity index (χ1) is 22.4. The Hall–Kier alpha value is -4.32. The molecule has 3 aliphatic heterocycles. The van der Waals surface area contributed by atoms with E-state index in [1.165, 1.54) is 10.8 Å². The third-order valence-corrected chi connectivity index (χ3v) is 9.99. The van der Waals surface area contributed by atoms with Gasteiger partial charge in [0.1, 0.15) is 47.3 Å². The molecule has 2 atom stereocenters. The minimum Gasteiger partial charge on any atom is -0.461 e. The van der Waals surface area contributed by atoms with Crippen LogP contribution in [0.15, 0.2) is 18.5 Å². The van der Waals surface area contributed by atoms with Gasteiger partial charge in [0.25, 0.3) is 0 Å². The highest BCUT2D eigenvalue weighted by molar-refractivity contribution is 7.22. The lowest BCUT2D eigenvalue weighted by Gasteiger charge is -2.31. The largest absolute Gasteiger partial charge is 0.461 e. The highest BCUT2D eigenvalue weighted by Crippen LogP contribution is 2.42. The molecule has 246 valence electrons. The van der Waals surface area contributed by atoms with Gasteiger partial charge in [-0.3, -0.25) is 9.88 Å². The van der Waals surface area contributed by atoms with Crippen molar-refractivity contribution in [2.45, 2.75) is 50.2 Å². The number of benzene rings is 1. The fraction of sp³-hybridized carbons (Fsp3) is 0.414. The van der Waals surface area contributed by atoms with E-state index in [1.807, 2.05) is 4.90 Å². The minimum absolute atomic E-state index is 0.0165. The first-order valence-electron chi connectivity index (χ1n) is 14.7. The highest BCUT2D eigenvalue weighted by Gasteiger charge is 2.49. The molecular weight excluding hydrogens is 655 g/mol. The maximum Gasteiger partial charge on any atom is 0.434 e. The molecule has 10 nitrogen and oxygen atoms in total. The summed E-state index contributed by atoms with van der Waals surface area (Å²) in [6.45, 7) is 1.17. The fourth-order valence-corrected chi connectivity index (χ4v) is 7.72. The normalized spacial score (nSPS) is 21.6. The second kappa shape index (κ2) is 10.6. The second-order valence-electron chi connectivity index (χ2n) is 12.0. The van der Waals surface area contributed by atoms with Crippen LogP contribution in [-0.2, 0) is 19.3 Å². The van der Waals surface area contributed by atoms with E-state index < -0.39 is 52.3 Å².